The van der Waals surface area contributed by atoms with Crippen LogP contribution in [0.25, 0.3) is 0 Å². The number of nitrogens with zero attached hydrogens (tertiary/aromatic N) is 2. The maximum Gasteiger partial charge on any atom is 0.225 e. The van der Waals surface area contributed by atoms with E-state index >= 15 is 0 Å². The molecule has 3 rings (SSSR count). The fourth-order valence-corrected chi connectivity index (χ4v) is 4.12. The van der Waals surface area contributed by atoms with E-state index in [9.17, 15) is 9.59 Å². The zero-order chi connectivity index (χ0) is 15.7. The number of carbonyl (C=O) groups excluding carboxylic acids is 2. The summed E-state index contributed by atoms with van der Waals surface area (Å²) in [5, 5.41) is 5.95. The van der Waals surface area contributed by atoms with Gasteiger partial charge < -0.3 is 10.2 Å². The second kappa shape index (κ2) is 6.36. The molecule has 6 heteroatoms. The van der Waals surface area contributed by atoms with E-state index in [1.807, 2.05) is 10.3 Å². The van der Waals surface area contributed by atoms with Gasteiger partial charge in [-0.3, -0.25) is 9.59 Å². The lowest BCUT2D eigenvalue weighted by Gasteiger charge is -2.35. The molecule has 2 aliphatic rings. The predicted molar refractivity (Wildman–Crippen MR) is 85.2 cm³/mol. The third-order valence-corrected chi connectivity index (χ3v) is 5.68. The van der Waals surface area contributed by atoms with Gasteiger partial charge in [-0.05, 0) is 31.1 Å². The predicted octanol–water partition coefficient (Wildman–Crippen LogP) is 2.21. The van der Waals surface area contributed by atoms with E-state index in [0.717, 1.165) is 37.4 Å². The van der Waals surface area contributed by atoms with Crippen LogP contribution in [0.1, 0.15) is 44.2 Å². The van der Waals surface area contributed by atoms with Gasteiger partial charge in [0.05, 0.1) is 6.04 Å². The Bertz CT molecular complexity index is 538. The molecule has 0 radical (unpaired) electrons. The molecule has 1 aromatic heterocycles. The van der Waals surface area contributed by atoms with E-state index < -0.39 is 0 Å². The highest BCUT2D eigenvalue weighted by molar-refractivity contribution is 7.09. The number of rotatable bonds is 4. The first-order valence-electron chi connectivity index (χ1n) is 8.01. The molecule has 1 saturated carbocycles. The minimum Gasteiger partial charge on any atom is -0.347 e. The SMILES string of the molecule is CC(=O)NC(c1nccs1)C1CCN(C(=O)C2CC2C)CC1. The van der Waals surface area contributed by atoms with Gasteiger partial charge in [-0.1, -0.05) is 6.92 Å². The summed E-state index contributed by atoms with van der Waals surface area (Å²) in [6.07, 6.45) is 4.68. The molecule has 1 aromatic rings. The van der Waals surface area contributed by atoms with Crippen molar-refractivity contribution in [3.63, 3.8) is 0 Å². The zero-order valence-electron chi connectivity index (χ0n) is 13.1. The van der Waals surface area contributed by atoms with Crippen molar-refractivity contribution < 1.29 is 9.59 Å². The molecule has 1 aliphatic carbocycles. The fraction of sp³-hybridized carbons (Fsp3) is 0.688. The molecule has 2 amide bonds. The van der Waals surface area contributed by atoms with E-state index in [1.165, 1.54) is 0 Å². The summed E-state index contributed by atoms with van der Waals surface area (Å²) in [6, 6.07) is -0.0189. The van der Waals surface area contributed by atoms with Crippen LogP contribution in [0.4, 0.5) is 0 Å². The molecule has 120 valence electrons. The Kier molecular flexibility index (Phi) is 4.47. The summed E-state index contributed by atoms with van der Waals surface area (Å²) in [4.78, 5) is 30.2. The number of carbonyl (C=O) groups is 2. The van der Waals surface area contributed by atoms with E-state index in [1.54, 1.807) is 24.5 Å². The molecular formula is C16H23N3O2S. The van der Waals surface area contributed by atoms with Crippen LogP contribution in [-0.4, -0.2) is 34.8 Å². The largest absolute Gasteiger partial charge is 0.347 e. The van der Waals surface area contributed by atoms with Crippen molar-refractivity contribution in [2.75, 3.05) is 13.1 Å². The normalized spacial score (nSPS) is 26.5. The number of hydrogen-bond donors (Lipinski definition) is 1. The molecule has 5 nitrogen and oxygen atoms in total. The van der Waals surface area contributed by atoms with Crippen LogP contribution in [0.15, 0.2) is 11.6 Å². The molecule has 0 spiro atoms. The number of piperidine rings is 1. The summed E-state index contributed by atoms with van der Waals surface area (Å²) in [5.74, 6) is 1.49. The lowest BCUT2D eigenvalue weighted by atomic mass is 9.89. The molecule has 3 atom stereocenters. The third kappa shape index (κ3) is 3.32. The molecule has 0 bridgehead atoms. The maximum atomic E-state index is 12.3. The van der Waals surface area contributed by atoms with Crippen LogP contribution in [0.5, 0.6) is 0 Å². The molecule has 0 aromatic carbocycles. The lowest BCUT2D eigenvalue weighted by Crippen LogP contribution is -2.43. The summed E-state index contributed by atoms with van der Waals surface area (Å²) < 4.78 is 0. The number of nitrogens with one attached hydrogen (secondary N) is 1. The quantitative estimate of drug-likeness (QED) is 0.925. The van der Waals surface area contributed by atoms with Crippen LogP contribution in [0.2, 0.25) is 0 Å². The standard InChI is InChI=1S/C16H23N3O2S/c1-10-9-13(10)16(21)19-6-3-12(4-7-19)14(18-11(2)20)15-17-5-8-22-15/h5,8,10,12-14H,3-4,6-7,9H2,1-2H3,(H,18,20). The maximum absolute atomic E-state index is 12.3. The monoisotopic (exact) mass is 321 g/mol. The van der Waals surface area contributed by atoms with E-state index in [2.05, 4.69) is 17.2 Å². The Balaban J connectivity index is 1.60. The van der Waals surface area contributed by atoms with Crippen LogP contribution in [-0.2, 0) is 9.59 Å². The molecule has 2 fully saturated rings. The van der Waals surface area contributed by atoms with Gasteiger partial charge in [0.2, 0.25) is 11.8 Å². The fourth-order valence-electron chi connectivity index (χ4n) is 3.34. The van der Waals surface area contributed by atoms with Gasteiger partial charge >= 0.3 is 0 Å². The minimum atomic E-state index is -0.0227. The number of aromatic nitrogens is 1. The minimum absolute atomic E-state index is 0.0189. The smallest absolute Gasteiger partial charge is 0.225 e. The van der Waals surface area contributed by atoms with Crippen molar-refractivity contribution in [3.05, 3.63) is 16.6 Å². The van der Waals surface area contributed by atoms with Crippen molar-refractivity contribution in [2.45, 2.75) is 39.2 Å². The third-order valence-electron chi connectivity index (χ3n) is 4.83. The highest BCUT2D eigenvalue weighted by Crippen LogP contribution is 2.40. The Hall–Kier alpha value is -1.43. The zero-order valence-corrected chi connectivity index (χ0v) is 13.9. The second-order valence-corrected chi connectivity index (χ2v) is 7.46. The van der Waals surface area contributed by atoms with Crippen molar-refractivity contribution in [2.24, 2.45) is 17.8 Å². The number of thiazole rings is 1. The lowest BCUT2D eigenvalue weighted by molar-refractivity contribution is -0.134. The van der Waals surface area contributed by atoms with E-state index in [0.29, 0.717) is 17.7 Å². The molecule has 1 saturated heterocycles. The van der Waals surface area contributed by atoms with Crippen molar-refractivity contribution >= 4 is 23.2 Å². The number of amides is 2. The Morgan fingerprint density at radius 1 is 1.41 bits per heavy atom. The van der Waals surface area contributed by atoms with Gasteiger partial charge in [0.15, 0.2) is 0 Å². The highest BCUT2D eigenvalue weighted by atomic mass is 32.1. The number of likely N-dealkylation sites (tertiary alicyclic amines) is 1. The van der Waals surface area contributed by atoms with Crippen molar-refractivity contribution in [1.29, 1.82) is 0 Å². The van der Waals surface area contributed by atoms with Gasteiger partial charge in [0.25, 0.3) is 0 Å². The van der Waals surface area contributed by atoms with Crippen LogP contribution < -0.4 is 5.32 Å². The molecule has 2 heterocycles. The van der Waals surface area contributed by atoms with Crippen LogP contribution >= 0.6 is 11.3 Å². The van der Waals surface area contributed by atoms with Gasteiger partial charge in [-0.15, -0.1) is 11.3 Å². The summed E-state index contributed by atoms with van der Waals surface area (Å²) in [7, 11) is 0. The van der Waals surface area contributed by atoms with Gasteiger partial charge in [-0.25, -0.2) is 4.98 Å². The Labute approximate surface area is 135 Å². The highest BCUT2D eigenvalue weighted by Gasteiger charge is 2.42. The molecular weight excluding hydrogens is 298 g/mol. The number of hydrogen-bond acceptors (Lipinski definition) is 4. The van der Waals surface area contributed by atoms with Gasteiger partial charge in [0, 0.05) is 37.5 Å². The molecule has 1 aliphatic heterocycles. The Morgan fingerprint density at radius 2 is 2.09 bits per heavy atom. The molecule has 3 unspecified atom stereocenters. The molecule has 1 N–H and O–H groups in total. The first kappa shape index (κ1) is 15.5. The average Bonchev–Trinajstić information content (AvgIpc) is 3.01. The van der Waals surface area contributed by atoms with Crippen molar-refractivity contribution in [3.8, 4) is 0 Å². The summed E-state index contributed by atoms with van der Waals surface area (Å²) >= 11 is 1.58. The van der Waals surface area contributed by atoms with E-state index in [4.69, 9.17) is 0 Å². The second-order valence-electron chi connectivity index (χ2n) is 6.53. The van der Waals surface area contributed by atoms with Gasteiger partial charge in [0.1, 0.15) is 5.01 Å². The Morgan fingerprint density at radius 3 is 2.59 bits per heavy atom. The summed E-state index contributed by atoms with van der Waals surface area (Å²) in [6.45, 7) is 5.29. The first-order valence-corrected chi connectivity index (χ1v) is 8.89. The van der Waals surface area contributed by atoms with Crippen molar-refractivity contribution in [1.82, 2.24) is 15.2 Å². The van der Waals surface area contributed by atoms with E-state index in [-0.39, 0.29) is 17.9 Å². The average molecular weight is 321 g/mol. The topological polar surface area (TPSA) is 62.3 Å². The first-order chi connectivity index (χ1) is 10.6. The van der Waals surface area contributed by atoms with Gasteiger partial charge in [-0.2, -0.15) is 0 Å². The van der Waals surface area contributed by atoms with Crippen LogP contribution in [0, 0.1) is 17.8 Å². The molecule has 22 heavy (non-hydrogen) atoms. The summed E-state index contributed by atoms with van der Waals surface area (Å²) in [5.41, 5.74) is 0. The van der Waals surface area contributed by atoms with Crippen LogP contribution in [0.3, 0.4) is 0 Å².